The lowest BCUT2D eigenvalue weighted by atomic mass is 9.72. The number of carbonyl (C=O) groups is 1. The molecule has 3 fully saturated rings. The van der Waals surface area contributed by atoms with Gasteiger partial charge in [0.1, 0.15) is 12.4 Å². The van der Waals surface area contributed by atoms with Gasteiger partial charge >= 0.3 is 0 Å². The van der Waals surface area contributed by atoms with Crippen molar-refractivity contribution in [2.24, 2.45) is 5.41 Å². The van der Waals surface area contributed by atoms with Crippen molar-refractivity contribution in [2.75, 3.05) is 45.9 Å². The second-order valence-electron chi connectivity index (χ2n) is 9.30. The van der Waals surface area contributed by atoms with Crippen molar-refractivity contribution in [3.05, 3.63) is 29.3 Å². The van der Waals surface area contributed by atoms with Gasteiger partial charge in [-0.25, -0.2) is 0 Å². The van der Waals surface area contributed by atoms with E-state index in [9.17, 15) is 4.79 Å². The van der Waals surface area contributed by atoms with Crippen LogP contribution in [0.4, 0.5) is 0 Å². The number of benzene rings is 1. The molecule has 1 aromatic carbocycles. The van der Waals surface area contributed by atoms with Crippen LogP contribution in [0, 0.1) is 19.3 Å². The normalized spacial score (nSPS) is 25.0. The van der Waals surface area contributed by atoms with Crippen molar-refractivity contribution in [3.63, 3.8) is 0 Å². The summed E-state index contributed by atoms with van der Waals surface area (Å²) in [7, 11) is 0. The van der Waals surface area contributed by atoms with Gasteiger partial charge in [0, 0.05) is 32.7 Å². The van der Waals surface area contributed by atoms with Crippen molar-refractivity contribution < 1.29 is 14.3 Å². The molecule has 3 heterocycles. The van der Waals surface area contributed by atoms with Gasteiger partial charge in [0.25, 0.3) is 0 Å². The Balaban J connectivity index is 1.24. The highest BCUT2D eigenvalue weighted by molar-refractivity contribution is 5.77. The minimum Gasteiger partial charge on any atom is -0.492 e. The van der Waals surface area contributed by atoms with Gasteiger partial charge in [0.15, 0.2) is 0 Å². The zero-order valence-electron chi connectivity index (χ0n) is 18.1. The van der Waals surface area contributed by atoms with Gasteiger partial charge in [-0.3, -0.25) is 9.69 Å². The fourth-order valence-electron chi connectivity index (χ4n) is 5.13. The van der Waals surface area contributed by atoms with E-state index in [0.29, 0.717) is 17.7 Å². The second-order valence-corrected chi connectivity index (χ2v) is 9.30. The average molecular weight is 401 g/mol. The number of amides is 1. The molecule has 1 atom stereocenters. The summed E-state index contributed by atoms with van der Waals surface area (Å²) >= 11 is 0. The lowest BCUT2D eigenvalue weighted by Gasteiger charge is -2.47. The SMILES string of the molecule is Cc1cccc(OCCN2CCC3(CCC(=O)N(C[C@@H]4CCCO4)C3)CC2)c1C. The lowest BCUT2D eigenvalue weighted by molar-refractivity contribution is -0.141. The Hall–Kier alpha value is -1.59. The van der Waals surface area contributed by atoms with Gasteiger partial charge in [-0.1, -0.05) is 12.1 Å². The van der Waals surface area contributed by atoms with Crippen molar-refractivity contribution in [1.29, 1.82) is 0 Å². The second kappa shape index (κ2) is 9.05. The summed E-state index contributed by atoms with van der Waals surface area (Å²) < 4.78 is 11.8. The minimum absolute atomic E-state index is 0.261. The number of piperidine rings is 2. The maximum atomic E-state index is 12.4. The van der Waals surface area contributed by atoms with Crippen LogP contribution in [0.2, 0.25) is 0 Å². The van der Waals surface area contributed by atoms with Crippen LogP contribution in [-0.4, -0.2) is 67.7 Å². The van der Waals surface area contributed by atoms with Crippen molar-refractivity contribution in [2.45, 2.75) is 58.5 Å². The summed E-state index contributed by atoms with van der Waals surface area (Å²) in [5.41, 5.74) is 2.84. The molecule has 3 aliphatic rings. The molecule has 0 N–H and O–H groups in total. The molecule has 4 rings (SSSR count). The smallest absolute Gasteiger partial charge is 0.222 e. The number of hydrogen-bond donors (Lipinski definition) is 0. The van der Waals surface area contributed by atoms with Gasteiger partial charge in [0.05, 0.1) is 6.10 Å². The predicted octanol–water partition coefficient (Wildman–Crippen LogP) is 3.57. The molecule has 1 amide bonds. The molecule has 5 nitrogen and oxygen atoms in total. The molecule has 5 heteroatoms. The van der Waals surface area contributed by atoms with Crippen LogP contribution in [0.3, 0.4) is 0 Å². The summed E-state index contributed by atoms with van der Waals surface area (Å²) in [4.78, 5) is 17.1. The molecule has 1 aromatic rings. The summed E-state index contributed by atoms with van der Waals surface area (Å²) in [5, 5.41) is 0. The third-order valence-electron chi connectivity index (χ3n) is 7.33. The molecule has 160 valence electrons. The maximum absolute atomic E-state index is 12.4. The number of aryl methyl sites for hydroxylation is 1. The average Bonchev–Trinajstić information content (AvgIpc) is 3.23. The van der Waals surface area contributed by atoms with Crippen molar-refractivity contribution >= 4 is 5.91 Å². The zero-order valence-corrected chi connectivity index (χ0v) is 18.1. The summed E-state index contributed by atoms with van der Waals surface area (Å²) in [5.74, 6) is 1.34. The number of carbonyl (C=O) groups excluding carboxylic acids is 1. The highest BCUT2D eigenvalue weighted by atomic mass is 16.5. The first-order chi connectivity index (χ1) is 14.0. The van der Waals surface area contributed by atoms with Crippen LogP contribution >= 0.6 is 0 Å². The Bertz CT molecular complexity index is 706. The minimum atomic E-state index is 0.261. The topological polar surface area (TPSA) is 42.0 Å². The molecule has 0 aliphatic carbocycles. The number of rotatable bonds is 6. The van der Waals surface area contributed by atoms with Gasteiger partial charge in [-0.2, -0.15) is 0 Å². The third kappa shape index (κ3) is 4.95. The Morgan fingerprint density at radius 1 is 1.21 bits per heavy atom. The quantitative estimate of drug-likeness (QED) is 0.732. The van der Waals surface area contributed by atoms with Crippen LogP contribution in [0.15, 0.2) is 18.2 Å². The van der Waals surface area contributed by atoms with Crippen molar-refractivity contribution in [1.82, 2.24) is 9.80 Å². The van der Waals surface area contributed by atoms with Crippen LogP contribution in [0.5, 0.6) is 5.75 Å². The van der Waals surface area contributed by atoms with E-state index in [1.54, 1.807) is 0 Å². The molecule has 0 unspecified atom stereocenters. The fraction of sp³-hybridized carbons (Fsp3) is 0.708. The summed E-state index contributed by atoms with van der Waals surface area (Å²) in [6.45, 7) is 10.8. The van der Waals surface area contributed by atoms with E-state index >= 15 is 0 Å². The van der Waals surface area contributed by atoms with Crippen molar-refractivity contribution in [3.8, 4) is 5.75 Å². The van der Waals surface area contributed by atoms with E-state index in [-0.39, 0.29) is 6.10 Å². The van der Waals surface area contributed by atoms with Crippen LogP contribution in [0.25, 0.3) is 0 Å². The number of nitrogens with zero attached hydrogens (tertiary/aromatic N) is 2. The number of likely N-dealkylation sites (tertiary alicyclic amines) is 2. The summed E-state index contributed by atoms with van der Waals surface area (Å²) in [6, 6.07) is 6.26. The van der Waals surface area contributed by atoms with E-state index in [1.807, 2.05) is 0 Å². The van der Waals surface area contributed by atoms with Crippen LogP contribution < -0.4 is 4.74 Å². The van der Waals surface area contributed by atoms with Crippen LogP contribution in [-0.2, 0) is 9.53 Å². The standard InChI is InChI=1S/C24H36N2O3/c1-19-5-3-7-22(20(19)2)29-16-14-25-12-10-24(11-13-25)9-8-23(27)26(18-24)17-21-6-4-15-28-21/h3,5,7,21H,4,6,8-18H2,1-2H3/t21-/m0/s1. The van der Waals surface area contributed by atoms with E-state index in [4.69, 9.17) is 9.47 Å². The molecule has 0 bridgehead atoms. The summed E-state index contributed by atoms with van der Waals surface area (Å²) in [6.07, 6.45) is 6.64. The monoisotopic (exact) mass is 400 g/mol. The molecule has 3 saturated heterocycles. The number of hydrogen-bond acceptors (Lipinski definition) is 4. The Labute approximate surface area is 175 Å². The van der Waals surface area contributed by atoms with E-state index in [1.165, 1.54) is 24.0 Å². The molecule has 0 radical (unpaired) electrons. The number of ether oxygens (including phenoxy) is 2. The van der Waals surface area contributed by atoms with Gasteiger partial charge < -0.3 is 14.4 Å². The first-order valence-corrected chi connectivity index (χ1v) is 11.4. The van der Waals surface area contributed by atoms with E-state index < -0.39 is 0 Å². The Morgan fingerprint density at radius 3 is 2.79 bits per heavy atom. The highest BCUT2D eigenvalue weighted by Crippen LogP contribution is 2.40. The molecule has 29 heavy (non-hydrogen) atoms. The Morgan fingerprint density at radius 2 is 2.03 bits per heavy atom. The first kappa shape index (κ1) is 20.7. The lowest BCUT2D eigenvalue weighted by Crippen LogP contribution is -2.53. The molecule has 0 aromatic heterocycles. The van der Waals surface area contributed by atoms with Gasteiger partial charge in [-0.05, 0) is 81.6 Å². The van der Waals surface area contributed by atoms with Gasteiger partial charge in [0.2, 0.25) is 5.91 Å². The van der Waals surface area contributed by atoms with E-state index in [2.05, 4.69) is 41.8 Å². The molecule has 0 saturated carbocycles. The fourth-order valence-corrected chi connectivity index (χ4v) is 5.13. The highest BCUT2D eigenvalue weighted by Gasteiger charge is 2.41. The molecular weight excluding hydrogens is 364 g/mol. The molecule has 1 spiro atoms. The maximum Gasteiger partial charge on any atom is 0.222 e. The Kier molecular flexibility index (Phi) is 6.45. The first-order valence-electron chi connectivity index (χ1n) is 11.4. The zero-order chi connectivity index (χ0) is 20.3. The molecular formula is C24H36N2O3. The predicted molar refractivity (Wildman–Crippen MR) is 114 cm³/mol. The van der Waals surface area contributed by atoms with Gasteiger partial charge in [-0.15, -0.1) is 0 Å². The molecule has 3 aliphatic heterocycles. The van der Waals surface area contributed by atoms with Crippen LogP contribution in [0.1, 0.15) is 49.7 Å². The third-order valence-corrected chi connectivity index (χ3v) is 7.33. The van der Waals surface area contributed by atoms with E-state index in [0.717, 1.165) is 70.9 Å². The largest absolute Gasteiger partial charge is 0.492 e.